The highest BCUT2D eigenvalue weighted by Gasteiger charge is 2.12. The summed E-state index contributed by atoms with van der Waals surface area (Å²) in [5.74, 6) is 6.50. The molecule has 0 bridgehead atoms. The molecule has 6 nitrogen and oxygen atoms in total. The summed E-state index contributed by atoms with van der Waals surface area (Å²) in [5.41, 5.74) is 20.0. The van der Waals surface area contributed by atoms with E-state index in [2.05, 4.69) is 344 Å². The van der Waals surface area contributed by atoms with Gasteiger partial charge in [-0.1, -0.05) is 251 Å². The maximum Gasteiger partial charge on any atom is 0.0708 e. The molecule has 0 aliphatic carbocycles. The molecule has 0 N–H and O–H groups in total. The van der Waals surface area contributed by atoms with Gasteiger partial charge >= 0.3 is 0 Å². The minimum Gasteiger partial charge on any atom is -0.260 e. The normalized spacial score (nSPS) is 11.6. The first-order valence-corrected chi connectivity index (χ1v) is 35.9. The zero-order valence-electron chi connectivity index (χ0n) is 62.9. The van der Waals surface area contributed by atoms with E-state index in [1.54, 1.807) is 0 Å². The fraction of sp³-hybridized carbons (Fsp3) is 0.400. The molecule has 0 saturated carbocycles. The third-order valence-corrected chi connectivity index (χ3v) is 18.2. The molecule has 504 valence electrons. The van der Waals surface area contributed by atoms with Gasteiger partial charge in [0.05, 0.1) is 22.1 Å². The average molecular weight is 1280 g/mol. The molecule has 6 heterocycles. The molecule has 12 aromatic rings. The Morgan fingerprint density at radius 2 is 0.417 bits per heavy atom. The Balaban J connectivity index is 0.000000163. The van der Waals surface area contributed by atoms with Crippen LogP contribution in [0, 0.1) is 0 Å². The summed E-state index contributed by atoms with van der Waals surface area (Å²) in [6.45, 7) is 52.9. The third kappa shape index (κ3) is 20.9. The molecule has 0 aliphatic rings. The van der Waals surface area contributed by atoms with Gasteiger partial charge in [-0.2, -0.15) is 0 Å². The van der Waals surface area contributed by atoms with Gasteiger partial charge in [0.2, 0.25) is 0 Å². The molecular weight excluding hydrogens is 1170 g/mol. The Morgan fingerprint density at radius 3 is 0.708 bits per heavy atom. The minimum atomic E-state index is 0.493. The second-order valence-electron chi connectivity index (χ2n) is 30.1. The number of hydrogen-bond acceptors (Lipinski definition) is 6. The molecule has 6 aromatic carbocycles. The molecule has 6 heteroatoms. The lowest BCUT2D eigenvalue weighted by Crippen LogP contribution is -1.94. The molecule has 0 radical (unpaired) electrons. The van der Waals surface area contributed by atoms with Crippen LogP contribution in [-0.2, 0) is 0 Å². The van der Waals surface area contributed by atoms with Gasteiger partial charge in [-0.25, -0.2) is 0 Å². The molecule has 0 saturated heterocycles. The van der Waals surface area contributed by atoms with Gasteiger partial charge in [-0.15, -0.1) is 0 Å². The summed E-state index contributed by atoms with van der Waals surface area (Å²) in [4.78, 5) is 27.4. The van der Waals surface area contributed by atoms with Crippen LogP contribution in [0.5, 0.6) is 0 Å². The van der Waals surface area contributed by atoms with E-state index in [0.717, 1.165) is 22.1 Å². The van der Waals surface area contributed by atoms with E-state index < -0.39 is 0 Å². The van der Waals surface area contributed by atoms with Crippen molar-refractivity contribution in [2.24, 2.45) is 0 Å². The first kappa shape index (κ1) is 75.2. The van der Waals surface area contributed by atoms with Crippen molar-refractivity contribution in [1.29, 1.82) is 0 Å². The molecule has 0 atom stereocenters. The zero-order chi connectivity index (χ0) is 70.2. The molecule has 96 heavy (non-hydrogen) atoms. The summed E-state index contributed by atoms with van der Waals surface area (Å²) in [5, 5.41) is 10.1. The highest BCUT2D eigenvalue weighted by atomic mass is 14.7. The van der Waals surface area contributed by atoms with Gasteiger partial charge in [0.15, 0.2) is 0 Å². The second-order valence-corrected chi connectivity index (χ2v) is 30.1. The standard InChI is InChI=1S/6C15H19N/c2*1-10(2)12-5-6-15-13(7-12)8-14(9-16-15)11(3)4;2*1-10(2)12-5-6-13-9-16-15(11(3)4)8-14(13)7-12;2*1-10(2)13-6-5-12-7-8-14(11(3)4)16-15(12)9-13/h6*5-11H,1-4H3. The largest absolute Gasteiger partial charge is 0.260 e. The van der Waals surface area contributed by atoms with Gasteiger partial charge in [-0.3, -0.25) is 29.9 Å². The van der Waals surface area contributed by atoms with E-state index in [-0.39, 0.29) is 0 Å². The Labute approximate surface area is 578 Å². The van der Waals surface area contributed by atoms with Crippen molar-refractivity contribution in [3.8, 4) is 0 Å². The maximum atomic E-state index is 4.72. The van der Waals surface area contributed by atoms with E-state index in [9.17, 15) is 0 Å². The minimum absolute atomic E-state index is 0.493. The lowest BCUT2D eigenvalue weighted by Gasteiger charge is -2.09. The smallest absolute Gasteiger partial charge is 0.0708 e. The van der Waals surface area contributed by atoms with Crippen LogP contribution < -0.4 is 0 Å². The number of benzene rings is 6. The molecule has 0 amide bonds. The van der Waals surface area contributed by atoms with E-state index in [4.69, 9.17) is 9.97 Å². The quantitative estimate of drug-likeness (QED) is 0.121. The van der Waals surface area contributed by atoms with E-state index >= 15 is 0 Å². The van der Waals surface area contributed by atoms with Crippen LogP contribution in [0.3, 0.4) is 0 Å². The molecule has 0 unspecified atom stereocenters. The van der Waals surface area contributed by atoms with Crippen molar-refractivity contribution in [2.75, 3.05) is 0 Å². The van der Waals surface area contributed by atoms with Crippen LogP contribution in [0.2, 0.25) is 0 Å². The number of pyridine rings is 6. The van der Waals surface area contributed by atoms with Crippen molar-refractivity contribution in [1.82, 2.24) is 29.9 Å². The first-order chi connectivity index (χ1) is 45.5. The SMILES string of the molecule is CC(C)c1ccc2ccc(C(C)C)nc2c1.CC(C)c1ccc2ccc(C(C)C)nc2c1.CC(C)c1ccc2cnc(C(C)C)cc2c1.CC(C)c1ccc2cnc(C(C)C)cc2c1.CC(C)c1ccc2ncc(C(C)C)cc2c1.CC(C)c1ccc2ncc(C(C)C)cc2c1. The zero-order valence-corrected chi connectivity index (χ0v) is 62.9. The van der Waals surface area contributed by atoms with Crippen molar-refractivity contribution in [3.05, 3.63) is 250 Å². The molecule has 0 spiro atoms. The predicted octanol–water partition coefficient (Wildman–Crippen LogP) is 26.9. The van der Waals surface area contributed by atoms with Gasteiger partial charge in [0.1, 0.15) is 0 Å². The van der Waals surface area contributed by atoms with Crippen LogP contribution in [0.4, 0.5) is 0 Å². The van der Waals surface area contributed by atoms with Gasteiger partial charge in [-0.05, 0) is 199 Å². The van der Waals surface area contributed by atoms with Crippen molar-refractivity contribution in [2.45, 2.75) is 237 Å². The van der Waals surface area contributed by atoms with Crippen LogP contribution >= 0.6 is 0 Å². The predicted molar refractivity (Wildman–Crippen MR) is 420 cm³/mol. The summed E-state index contributed by atoms with van der Waals surface area (Å²) < 4.78 is 0. The van der Waals surface area contributed by atoms with Crippen LogP contribution in [0.1, 0.15) is 304 Å². The second kappa shape index (κ2) is 34.6. The summed E-state index contributed by atoms with van der Waals surface area (Å²) in [7, 11) is 0. The van der Waals surface area contributed by atoms with Crippen molar-refractivity contribution < 1.29 is 0 Å². The van der Waals surface area contributed by atoms with E-state index in [0.29, 0.717) is 71.0 Å². The lowest BCUT2D eigenvalue weighted by molar-refractivity contribution is 0.825. The van der Waals surface area contributed by atoms with Crippen LogP contribution in [0.25, 0.3) is 65.2 Å². The molecule has 12 rings (SSSR count). The first-order valence-electron chi connectivity index (χ1n) is 35.9. The number of rotatable bonds is 12. The molecule has 6 aromatic heterocycles. The summed E-state index contributed by atoms with van der Waals surface area (Å²) >= 11 is 0. The molecule has 0 aliphatic heterocycles. The third-order valence-electron chi connectivity index (χ3n) is 18.2. The molecular formula is C90H114N6. The van der Waals surface area contributed by atoms with Crippen molar-refractivity contribution in [3.63, 3.8) is 0 Å². The van der Waals surface area contributed by atoms with Crippen molar-refractivity contribution >= 4 is 65.2 Å². The average Bonchev–Trinajstić information content (AvgIpc) is 0.924. The molecule has 0 fully saturated rings. The maximum absolute atomic E-state index is 4.72. The number of fused-ring (bicyclic) bond motifs is 6. The van der Waals surface area contributed by atoms with Gasteiger partial charge in [0, 0.05) is 79.9 Å². The summed E-state index contributed by atoms with van der Waals surface area (Å²) in [6, 6.07) is 57.1. The Morgan fingerprint density at radius 1 is 0.167 bits per heavy atom. The number of hydrogen-bond donors (Lipinski definition) is 0. The topological polar surface area (TPSA) is 77.3 Å². The Bertz CT molecular complexity index is 3470. The van der Waals surface area contributed by atoms with E-state index in [1.165, 1.54) is 110 Å². The highest BCUT2D eigenvalue weighted by molar-refractivity contribution is 5.85. The fourth-order valence-electron chi connectivity index (χ4n) is 11.0. The van der Waals surface area contributed by atoms with E-state index in [1.807, 2.05) is 24.8 Å². The number of aromatic nitrogens is 6. The van der Waals surface area contributed by atoms with Gasteiger partial charge < -0.3 is 0 Å². The Kier molecular flexibility index (Phi) is 27.1. The lowest BCUT2D eigenvalue weighted by atomic mass is 9.98. The monoisotopic (exact) mass is 1280 g/mol. The number of nitrogens with zero attached hydrogens (tertiary/aromatic N) is 6. The fourth-order valence-corrected chi connectivity index (χ4v) is 11.0. The van der Waals surface area contributed by atoms with Crippen LogP contribution in [0.15, 0.2) is 183 Å². The summed E-state index contributed by atoms with van der Waals surface area (Å²) in [6.07, 6.45) is 7.94. The Hall–Kier alpha value is -8.22. The highest BCUT2D eigenvalue weighted by Crippen LogP contribution is 2.30. The van der Waals surface area contributed by atoms with Gasteiger partial charge in [0.25, 0.3) is 0 Å². The van der Waals surface area contributed by atoms with Crippen LogP contribution in [-0.4, -0.2) is 29.9 Å².